The van der Waals surface area contributed by atoms with Gasteiger partial charge >= 0.3 is 6.18 Å². The van der Waals surface area contributed by atoms with Crippen LogP contribution in [0.5, 0.6) is 0 Å². The smallest absolute Gasteiger partial charge is 0.351 e. The fourth-order valence-electron chi connectivity index (χ4n) is 4.17. The Morgan fingerprint density at radius 3 is 2.52 bits per heavy atom. The molecule has 1 N–H and O–H groups in total. The fraction of sp³-hybridized carbons (Fsp3) is 0.458. The van der Waals surface area contributed by atoms with Gasteiger partial charge in [0.1, 0.15) is 0 Å². The molecular weight excluding hydrogens is 447 g/mol. The first-order chi connectivity index (χ1) is 15.7. The molecule has 5 rings (SSSR count). The number of hydrogen-bond donors (Lipinski definition) is 1. The highest BCUT2D eigenvalue weighted by molar-refractivity contribution is 7.19. The van der Waals surface area contributed by atoms with Crippen molar-refractivity contribution in [3.63, 3.8) is 0 Å². The molecule has 0 spiro atoms. The van der Waals surface area contributed by atoms with Crippen LogP contribution in [-0.4, -0.2) is 41.1 Å². The molecule has 33 heavy (non-hydrogen) atoms. The number of halogens is 3. The van der Waals surface area contributed by atoms with Gasteiger partial charge in [-0.05, 0) is 49.8 Å². The van der Waals surface area contributed by atoms with Crippen LogP contribution in [0.15, 0.2) is 36.5 Å². The molecule has 1 saturated carbocycles. The summed E-state index contributed by atoms with van der Waals surface area (Å²) in [7, 11) is 2.17. The van der Waals surface area contributed by atoms with Gasteiger partial charge in [0.2, 0.25) is 5.95 Å². The monoisotopic (exact) mass is 474 g/mol. The summed E-state index contributed by atoms with van der Waals surface area (Å²) in [5.41, 5.74) is 1.01. The minimum Gasteiger partial charge on any atom is -0.351 e. The molecule has 5 nitrogen and oxygen atoms in total. The first-order valence-electron chi connectivity index (χ1n) is 11.3. The Morgan fingerprint density at radius 2 is 1.82 bits per heavy atom. The number of nitrogens with zero attached hydrogens (tertiary/aromatic N) is 4. The zero-order valence-electron chi connectivity index (χ0n) is 18.7. The van der Waals surface area contributed by atoms with Gasteiger partial charge in [-0.15, -0.1) is 0 Å². The van der Waals surface area contributed by atoms with E-state index in [-0.39, 0.29) is 0 Å². The molecule has 0 unspecified atom stereocenters. The van der Waals surface area contributed by atoms with Gasteiger partial charge in [0.05, 0.1) is 42.0 Å². The largest absolute Gasteiger partial charge is 0.416 e. The molecule has 1 saturated heterocycles. The van der Waals surface area contributed by atoms with E-state index in [2.05, 4.69) is 24.3 Å². The highest BCUT2D eigenvalue weighted by Gasteiger charge is 2.36. The molecule has 0 bridgehead atoms. The Labute approximate surface area is 195 Å². The number of likely N-dealkylation sites (tertiary alicyclic amines) is 1. The maximum Gasteiger partial charge on any atom is 0.416 e. The average molecular weight is 475 g/mol. The summed E-state index contributed by atoms with van der Waals surface area (Å²) < 4.78 is 41.0. The van der Waals surface area contributed by atoms with Crippen molar-refractivity contribution in [3.8, 4) is 21.8 Å². The molecule has 3 heterocycles. The second-order valence-electron chi connectivity index (χ2n) is 9.46. The van der Waals surface area contributed by atoms with E-state index in [9.17, 15) is 13.2 Å². The van der Waals surface area contributed by atoms with E-state index >= 15 is 0 Å². The summed E-state index contributed by atoms with van der Waals surface area (Å²) >= 11 is 1.53. The molecule has 2 aromatic heterocycles. The lowest BCUT2D eigenvalue weighted by molar-refractivity contribution is -0.137. The van der Waals surface area contributed by atoms with Gasteiger partial charge in [0.15, 0.2) is 0 Å². The van der Waals surface area contributed by atoms with E-state index in [0.717, 1.165) is 54.8 Å². The quantitative estimate of drug-likeness (QED) is 0.446. The normalized spacial score (nSPS) is 23.5. The standard InChI is InChI=1S/C24H27F3N5S/c1-15-9-12-32(2,13-10-15)23-31-20(16-4-3-5-17(14-16)24(25,26)27)21(33-23)19-8-11-28-22(30-19)29-18-6-7-18/h3-5,8,11,14-15,18H,6-7,9-10,12-13H2,1-2H3,(H,28,29,30)/q+1. The highest BCUT2D eigenvalue weighted by Crippen LogP contribution is 2.44. The number of quaternary nitrogens is 1. The van der Waals surface area contributed by atoms with Crippen molar-refractivity contribution in [2.75, 3.05) is 25.5 Å². The Balaban J connectivity index is 1.60. The van der Waals surface area contributed by atoms with Gasteiger partial charge in [-0.3, -0.25) is 4.48 Å². The van der Waals surface area contributed by atoms with Crippen molar-refractivity contribution in [1.82, 2.24) is 19.4 Å². The molecule has 0 atom stereocenters. The minimum absolute atomic E-state index is 0.403. The summed E-state index contributed by atoms with van der Waals surface area (Å²) in [6.45, 7) is 4.20. The van der Waals surface area contributed by atoms with Crippen LogP contribution in [0.1, 0.15) is 38.2 Å². The number of benzene rings is 1. The van der Waals surface area contributed by atoms with Gasteiger partial charge in [0.25, 0.3) is 5.13 Å². The van der Waals surface area contributed by atoms with Crippen LogP contribution in [0.4, 0.5) is 24.3 Å². The lowest BCUT2D eigenvalue weighted by atomic mass is 9.98. The van der Waals surface area contributed by atoms with E-state index in [0.29, 0.717) is 39.3 Å². The second kappa shape index (κ2) is 8.36. The predicted octanol–water partition coefficient (Wildman–Crippen LogP) is 6.23. The molecule has 1 aliphatic carbocycles. The third-order valence-corrected chi connectivity index (χ3v) is 7.89. The molecule has 1 aliphatic heterocycles. The zero-order valence-corrected chi connectivity index (χ0v) is 19.5. The topological polar surface area (TPSA) is 50.7 Å². The molecule has 0 amide bonds. The number of hydrogen-bond acceptors (Lipinski definition) is 5. The van der Waals surface area contributed by atoms with Crippen LogP contribution >= 0.6 is 11.3 Å². The van der Waals surface area contributed by atoms with Crippen LogP contribution in [-0.2, 0) is 6.18 Å². The maximum absolute atomic E-state index is 13.4. The molecule has 0 radical (unpaired) electrons. The fourth-order valence-corrected chi connectivity index (χ4v) is 5.38. The van der Waals surface area contributed by atoms with Gasteiger partial charge in [-0.25, -0.2) is 9.97 Å². The number of piperidine rings is 1. The predicted molar refractivity (Wildman–Crippen MR) is 126 cm³/mol. The lowest BCUT2D eigenvalue weighted by Gasteiger charge is -2.36. The van der Waals surface area contributed by atoms with Crippen LogP contribution in [0.25, 0.3) is 21.8 Å². The second-order valence-corrected chi connectivity index (χ2v) is 10.4. The van der Waals surface area contributed by atoms with Crippen molar-refractivity contribution in [2.45, 2.75) is 44.8 Å². The molecule has 2 fully saturated rings. The zero-order chi connectivity index (χ0) is 23.2. The van der Waals surface area contributed by atoms with E-state index in [1.54, 1.807) is 12.3 Å². The van der Waals surface area contributed by atoms with Gasteiger partial charge < -0.3 is 5.32 Å². The Kier molecular flexibility index (Phi) is 5.64. The van der Waals surface area contributed by atoms with E-state index in [1.807, 2.05) is 6.07 Å². The number of alkyl halides is 3. The Morgan fingerprint density at radius 1 is 1.06 bits per heavy atom. The van der Waals surface area contributed by atoms with E-state index in [1.165, 1.54) is 23.5 Å². The van der Waals surface area contributed by atoms with Gasteiger partial charge in [-0.2, -0.15) is 18.2 Å². The van der Waals surface area contributed by atoms with Crippen LogP contribution in [0, 0.1) is 5.92 Å². The number of anilines is 1. The molecule has 2 aliphatic rings. The van der Waals surface area contributed by atoms with Gasteiger partial charge in [-0.1, -0.05) is 30.4 Å². The molecule has 3 aromatic rings. The maximum atomic E-state index is 13.4. The molecule has 174 valence electrons. The van der Waals surface area contributed by atoms with Crippen LogP contribution < -0.4 is 9.80 Å². The lowest BCUT2D eigenvalue weighted by Crippen LogP contribution is -2.50. The number of nitrogens with one attached hydrogen (secondary N) is 1. The van der Waals surface area contributed by atoms with Crippen molar-refractivity contribution < 1.29 is 13.2 Å². The average Bonchev–Trinajstić information content (AvgIpc) is 3.48. The van der Waals surface area contributed by atoms with Crippen molar-refractivity contribution in [2.24, 2.45) is 5.92 Å². The van der Waals surface area contributed by atoms with Crippen LogP contribution in [0.2, 0.25) is 0 Å². The molecule has 1 aromatic carbocycles. The number of rotatable bonds is 5. The Bertz CT molecular complexity index is 1150. The van der Waals surface area contributed by atoms with Gasteiger partial charge in [0, 0.05) is 17.8 Å². The van der Waals surface area contributed by atoms with Crippen molar-refractivity contribution in [3.05, 3.63) is 42.1 Å². The third-order valence-electron chi connectivity index (χ3n) is 6.57. The first-order valence-corrected chi connectivity index (χ1v) is 12.2. The summed E-state index contributed by atoms with van der Waals surface area (Å²) in [5, 5.41) is 4.22. The Hall–Kier alpha value is -2.52. The van der Waals surface area contributed by atoms with E-state index < -0.39 is 11.7 Å². The molecule has 9 heteroatoms. The van der Waals surface area contributed by atoms with E-state index in [4.69, 9.17) is 9.97 Å². The molecular formula is C24H27F3N5S+. The van der Waals surface area contributed by atoms with Crippen LogP contribution in [0.3, 0.4) is 0 Å². The van der Waals surface area contributed by atoms with Crippen molar-refractivity contribution >= 4 is 22.4 Å². The third kappa shape index (κ3) is 4.75. The first kappa shape index (κ1) is 22.3. The minimum atomic E-state index is -4.41. The highest BCUT2D eigenvalue weighted by atomic mass is 32.1. The summed E-state index contributed by atoms with van der Waals surface area (Å²) in [4.78, 5) is 14.7. The summed E-state index contributed by atoms with van der Waals surface area (Å²) in [6.07, 6.45) is 1.69. The number of thiazole rings is 1. The SMILES string of the molecule is CC1CC[N+](C)(c2nc(-c3cccc(C(F)(F)F)c3)c(-c3ccnc(NC4CC4)n3)s2)CC1. The summed E-state index contributed by atoms with van der Waals surface area (Å²) in [6, 6.07) is 7.63. The summed E-state index contributed by atoms with van der Waals surface area (Å²) in [5.74, 6) is 1.23. The van der Waals surface area contributed by atoms with Crippen molar-refractivity contribution in [1.29, 1.82) is 0 Å². The number of aromatic nitrogens is 3.